The summed E-state index contributed by atoms with van der Waals surface area (Å²) in [6.45, 7) is 9.29. The van der Waals surface area contributed by atoms with E-state index in [2.05, 4.69) is 23.6 Å². The molecule has 1 saturated heterocycles. The molecule has 3 aromatic carbocycles. The van der Waals surface area contributed by atoms with Crippen LogP contribution in [0.2, 0.25) is 0 Å². The third-order valence-corrected chi connectivity index (χ3v) is 7.18. The highest BCUT2D eigenvalue weighted by molar-refractivity contribution is 6.15. The van der Waals surface area contributed by atoms with Crippen molar-refractivity contribution in [2.45, 2.75) is 20.4 Å². The van der Waals surface area contributed by atoms with Gasteiger partial charge in [0.15, 0.2) is 5.76 Å². The van der Waals surface area contributed by atoms with Crippen molar-refractivity contribution in [3.63, 3.8) is 0 Å². The van der Waals surface area contributed by atoms with Gasteiger partial charge in [-0.25, -0.2) is 4.39 Å². The van der Waals surface area contributed by atoms with E-state index in [1.807, 2.05) is 35.2 Å². The van der Waals surface area contributed by atoms with E-state index in [1.165, 1.54) is 6.07 Å². The Bertz CT molecular complexity index is 1310. The number of piperazine rings is 1. The van der Waals surface area contributed by atoms with Gasteiger partial charge in [-0.3, -0.25) is 9.69 Å². The minimum atomic E-state index is -0.219. The Balaban J connectivity index is 1.30. The SMILES string of the molecule is CCN(CC)c1ccc(/C=C2/Oc3c(ccc(O)c3CN3CCN(c4ccccc4F)CC3)C2=O)cc1. The minimum absolute atomic E-state index is 0.105. The average Bonchev–Trinajstić information content (AvgIpc) is 3.23. The number of phenolic OH excluding ortho intramolecular Hbond substituents is 1. The highest BCUT2D eigenvalue weighted by atomic mass is 19.1. The fourth-order valence-electron chi connectivity index (χ4n) is 5.05. The number of allylic oxidation sites excluding steroid dienone is 1. The van der Waals surface area contributed by atoms with Gasteiger partial charge in [0.1, 0.15) is 17.3 Å². The molecule has 0 saturated carbocycles. The van der Waals surface area contributed by atoms with E-state index in [0.29, 0.717) is 55.3 Å². The number of nitrogens with zero attached hydrogens (tertiary/aromatic N) is 3. The van der Waals surface area contributed by atoms with Crippen LogP contribution in [0, 0.1) is 5.82 Å². The maximum atomic E-state index is 14.2. The van der Waals surface area contributed by atoms with Gasteiger partial charge in [-0.15, -0.1) is 0 Å². The van der Waals surface area contributed by atoms with Gasteiger partial charge >= 0.3 is 0 Å². The molecule has 1 N–H and O–H groups in total. The highest BCUT2D eigenvalue weighted by Gasteiger charge is 2.32. The maximum absolute atomic E-state index is 14.2. The number of benzene rings is 3. The molecule has 0 unspecified atom stereocenters. The summed E-state index contributed by atoms with van der Waals surface area (Å²) < 4.78 is 20.3. The van der Waals surface area contributed by atoms with E-state index in [9.17, 15) is 14.3 Å². The lowest BCUT2D eigenvalue weighted by atomic mass is 10.0. The molecule has 0 radical (unpaired) electrons. The Morgan fingerprint density at radius 3 is 2.35 bits per heavy atom. The van der Waals surface area contributed by atoms with Gasteiger partial charge < -0.3 is 19.6 Å². The maximum Gasteiger partial charge on any atom is 0.231 e. The Hall–Kier alpha value is -3.84. The molecule has 0 spiro atoms. The molecule has 2 aliphatic heterocycles. The number of carbonyl (C=O) groups excluding carboxylic acids is 1. The zero-order chi connectivity index (χ0) is 25.9. The van der Waals surface area contributed by atoms with Crippen molar-refractivity contribution >= 4 is 23.2 Å². The van der Waals surface area contributed by atoms with Crippen molar-refractivity contribution in [3.05, 3.63) is 88.9 Å². The van der Waals surface area contributed by atoms with Gasteiger partial charge in [-0.2, -0.15) is 0 Å². The number of phenols is 1. The average molecular weight is 502 g/mol. The Kier molecular flexibility index (Phi) is 7.15. The van der Waals surface area contributed by atoms with Crippen molar-refractivity contribution in [1.82, 2.24) is 4.90 Å². The molecule has 7 heteroatoms. The van der Waals surface area contributed by atoms with E-state index in [-0.39, 0.29) is 23.1 Å². The molecule has 6 nitrogen and oxygen atoms in total. The highest BCUT2D eigenvalue weighted by Crippen LogP contribution is 2.40. The molecule has 2 heterocycles. The summed E-state index contributed by atoms with van der Waals surface area (Å²) in [6, 6.07) is 18.0. The van der Waals surface area contributed by atoms with Crippen molar-refractivity contribution in [2.75, 3.05) is 49.1 Å². The Morgan fingerprint density at radius 1 is 0.973 bits per heavy atom. The van der Waals surface area contributed by atoms with E-state index in [0.717, 1.165) is 24.3 Å². The van der Waals surface area contributed by atoms with Crippen molar-refractivity contribution < 1.29 is 19.0 Å². The van der Waals surface area contributed by atoms with Crippen LogP contribution in [-0.2, 0) is 6.54 Å². The summed E-state index contributed by atoms with van der Waals surface area (Å²) in [5.41, 5.74) is 3.69. The summed E-state index contributed by atoms with van der Waals surface area (Å²) in [7, 11) is 0. The molecule has 3 aromatic rings. The quantitative estimate of drug-likeness (QED) is 0.443. The van der Waals surface area contributed by atoms with E-state index in [4.69, 9.17) is 4.74 Å². The number of Topliss-reactive ketones (excluding diaryl/α,β-unsaturated/α-hetero) is 1. The predicted molar refractivity (Wildman–Crippen MR) is 145 cm³/mol. The van der Waals surface area contributed by atoms with E-state index in [1.54, 1.807) is 30.3 Å². The first-order chi connectivity index (χ1) is 18.0. The summed E-state index contributed by atoms with van der Waals surface area (Å²) >= 11 is 0. The van der Waals surface area contributed by atoms with Crippen LogP contribution in [0.3, 0.4) is 0 Å². The molecular weight excluding hydrogens is 469 g/mol. The molecule has 0 aliphatic carbocycles. The molecule has 192 valence electrons. The van der Waals surface area contributed by atoms with Gasteiger partial charge in [-0.05, 0) is 61.9 Å². The number of anilines is 2. The molecular formula is C30H32FN3O3. The monoisotopic (exact) mass is 501 g/mol. The Morgan fingerprint density at radius 2 is 1.68 bits per heavy atom. The number of halogens is 1. The van der Waals surface area contributed by atoms with Gasteiger partial charge in [0, 0.05) is 51.5 Å². The predicted octanol–water partition coefficient (Wildman–Crippen LogP) is 5.32. The number of fused-ring (bicyclic) bond motifs is 1. The molecule has 37 heavy (non-hydrogen) atoms. The normalized spacial score (nSPS) is 16.7. The van der Waals surface area contributed by atoms with Gasteiger partial charge in [-0.1, -0.05) is 24.3 Å². The van der Waals surface area contributed by atoms with Crippen LogP contribution in [0.5, 0.6) is 11.5 Å². The smallest absolute Gasteiger partial charge is 0.231 e. The second-order valence-electron chi connectivity index (χ2n) is 9.36. The zero-order valence-corrected chi connectivity index (χ0v) is 21.3. The number of aromatic hydroxyl groups is 1. The van der Waals surface area contributed by atoms with Gasteiger partial charge in [0.25, 0.3) is 0 Å². The van der Waals surface area contributed by atoms with E-state index >= 15 is 0 Å². The lowest BCUT2D eigenvalue weighted by Gasteiger charge is -2.36. The summed E-state index contributed by atoms with van der Waals surface area (Å²) in [5, 5.41) is 10.7. The standard InChI is InChI=1S/C30H32FN3O3/c1-3-33(4-2)22-11-9-21(10-12-22)19-28-29(36)23-13-14-27(35)24(30(23)37-28)20-32-15-17-34(18-16-32)26-8-6-5-7-25(26)31/h5-14,19,35H,3-4,15-18,20H2,1-2H3/b28-19+. The first kappa shape index (κ1) is 24.8. The molecule has 5 rings (SSSR count). The van der Waals surface area contributed by atoms with Crippen LogP contribution in [-0.4, -0.2) is 55.1 Å². The molecule has 0 aromatic heterocycles. The first-order valence-electron chi connectivity index (χ1n) is 12.8. The summed E-state index contributed by atoms with van der Waals surface area (Å²) in [6.07, 6.45) is 1.75. The lowest BCUT2D eigenvalue weighted by molar-refractivity contribution is 0.101. The minimum Gasteiger partial charge on any atom is -0.507 e. The topological polar surface area (TPSA) is 56.3 Å². The number of carbonyl (C=O) groups is 1. The van der Waals surface area contributed by atoms with Gasteiger partial charge in [0.2, 0.25) is 5.78 Å². The van der Waals surface area contributed by atoms with Crippen LogP contribution in [0.4, 0.5) is 15.8 Å². The third-order valence-electron chi connectivity index (χ3n) is 7.18. The van der Waals surface area contributed by atoms with E-state index < -0.39 is 0 Å². The van der Waals surface area contributed by atoms with Crippen LogP contribution in [0.25, 0.3) is 6.08 Å². The molecule has 2 aliphatic rings. The largest absolute Gasteiger partial charge is 0.507 e. The van der Waals surface area contributed by atoms with Crippen molar-refractivity contribution in [3.8, 4) is 11.5 Å². The van der Waals surface area contributed by atoms with Crippen molar-refractivity contribution in [2.24, 2.45) is 0 Å². The van der Waals surface area contributed by atoms with Crippen molar-refractivity contribution in [1.29, 1.82) is 0 Å². The van der Waals surface area contributed by atoms with Gasteiger partial charge in [0.05, 0.1) is 16.8 Å². The van der Waals surface area contributed by atoms with Crippen LogP contribution in [0.15, 0.2) is 66.4 Å². The van der Waals surface area contributed by atoms with Crippen LogP contribution >= 0.6 is 0 Å². The second kappa shape index (κ2) is 10.6. The number of rotatable bonds is 7. The molecule has 1 fully saturated rings. The fraction of sp³-hybridized carbons (Fsp3) is 0.300. The van der Waals surface area contributed by atoms with Crippen LogP contribution in [0.1, 0.15) is 35.3 Å². The zero-order valence-electron chi connectivity index (χ0n) is 21.3. The third kappa shape index (κ3) is 5.04. The number of hydrogen-bond acceptors (Lipinski definition) is 6. The second-order valence-corrected chi connectivity index (χ2v) is 9.36. The fourth-order valence-corrected chi connectivity index (χ4v) is 5.05. The number of ketones is 1. The number of para-hydroxylation sites is 1. The number of hydrogen-bond donors (Lipinski definition) is 1. The Labute approximate surface area is 217 Å². The molecule has 0 atom stereocenters. The molecule has 0 amide bonds. The lowest BCUT2D eigenvalue weighted by Crippen LogP contribution is -2.46. The summed E-state index contributed by atoms with van der Waals surface area (Å²) in [5.74, 6) is 0.374. The molecule has 0 bridgehead atoms. The summed E-state index contributed by atoms with van der Waals surface area (Å²) in [4.78, 5) is 19.6. The number of ether oxygens (including phenoxy) is 1. The first-order valence-corrected chi connectivity index (χ1v) is 12.8. The van der Waals surface area contributed by atoms with Crippen LogP contribution < -0.4 is 14.5 Å².